The zero-order valence-electron chi connectivity index (χ0n) is 13.7. The van der Waals surface area contributed by atoms with Gasteiger partial charge in [-0.05, 0) is 17.7 Å². The Labute approximate surface area is 147 Å². The summed E-state index contributed by atoms with van der Waals surface area (Å²) in [4.78, 5) is 37.3. The van der Waals surface area contributed by atoms with Crippen LogP contribution in [0, 0.1) is 10.1 Å². The number of carbonyl (C=O) groups excluding carboxylic acids is 2. The summed E-state index contributed by atoms with van der Waals surface area (Å²) in [5, 5.41) is 14.1. The minimum atomic E-state index is -0.976. The number of nitrogens with zero attached hydrogens (tertiary/aromatic N) is 1. The number of nitrogens with one attached hydrogen (secondary N) is 2. The van der Waals surface area contributed by atoms with Crippen LogP contribution < -0.4 is 5.32 Å². The number of aromatic amines is 1. The van der Waals surface area contributed by atoms with E-state index in [4.69, 9.17) is 9.15 Å². The van der Waals surface area contributed by atoms with Crippen LogP contribution in [-0.4, -0.2) is 34.9 Å². The first kappa shape index (κ1) is 17.2. The molecule has 134 valence electrons. The van der Waals surface area contributed by atoms with Crippen molar-refractivity contribution in [2.75, 3.05) is 7.11 Å². The van der Waals surface area contributed by atoms with E-state index >= 15 is 0 Å². The first-order chi connectivity index (χ1) is 12.5. The summed E-state index contributed by atoms with van der Waals surface area (Å²) in [6.07, 6.45) is 1.94. The minimum Gasteiger partial charge on any atom is -0.467 e. The van der Waals surface area contributed by atoms with Gasteiger partial charge in [0.15, 0.2) is 5.76 Å². The molecule has 26 heavy (non-hydrogen) atoms. The molecule has 1 atom stereocenters. The van der Waals surface area contributed by atoms with Crippen molar-refractivity contribution in [3.05, 3.63) is 64.0 Å². The third-order valence-corrected chi connectivity index (χ3v) is 3.89. The van der Waals surface area contributed by atoms with Crippen molar-refractivity contribution in [2.24, 2.45) is 0 Å². The fraction of sp³-hybridized carbons (Fsp3) is 0.176. The molecular formula is C17H15N3O6. The fourth-order valence-electron chi connectivity index (χ4n) is 2.63. The zero-order valence-corrected chi connectivity index (χ0v) is 13.7. The zero-order chi connectivity index (χ0) is 18.7. The molecule has 0 aliphatic heterocycles. The maximum Gasteiger partial charge on any atom is 0.433 e. The molecule has 0 aliphatic rings. The third kappa shape index (κ3) is 3.41. The lowest BCUT2D eigenvalue weighted by molar-refractivity contribution is -0.402. The minimum absolute atomic E-state index is 0.186. The number of amides is 1. The molecule has 0 fully saturated rings. The van der Waals surface area contributed by atoms with Gasteiger partial charge in [0.2, 0.25) is 0 Å². The standard InChI is InChI=1S/C17H15N3O6/c1-25-17(22)13(8-10-9-18-12-5-3-2-4-11(10)12)19-16(21)14-6-7-15(26-14)20(23)24/h2-7,9,13,18H,8H2,1H3,(H,19,21). The van der Waals surface area contributed by atoms with Gasteiger partial charge in [0, 0.05) is 23.5 Å². The Bertz CT molecular complexity index is 974. The summed E-state index contributed by atoms with van der Waals surface area (Å²) < 4.78 is 9.61. The number of hydrogen-bond donors (Lipinski definition) is 2. The molecule has 0 aliphatic carbocycles. The number of hydrogen-bond acceptors (Lipinski definition) is 6. The van der Waals surface area contributed by atoms with Crippen LogP contribution in [-0.2, 0) is 16.0 Å². The largest absolute Gasteiger partial charge is 0.467 e. The Morgan fingerprint density at radius 1 is 1.31 bits per heavy atom. The Balaban J connectivity index is 1.80. The van der Waals surface area contributed by atoms with E-state index < -0.39 is 28.7 Å². The van der Waals surface area contributed by atoms with Gasteiger partial charge in [0.05, 0.1) is 13.2 Å². The summed E-state index contributed by atoms with van der Waals surface area (Å²) in [6.45, 7) is 0. The van der Waals surface area contributed by atoms with E-state index in [1.165, 1.54) is 13.2 Å². The number of carbonyl (C=O) groups is 2. The van der Waals surface area contributed by atoms with Crippen LogP contribution in [0.5, 0.6) is 0 Å². The first-order valence-corrected chi connectivity index (χ1v) is 7.67. The van der Waals surface area contributed by atoms with E-state index in [0.29, 0.717) is 0 Å². The van der Waals surface area contributed by atoms with Gasteiger partial charge in [-0.25, -0.2) is 4.79 Å². The molecule has 3 aromatic rings. The van der Waals surface area contributed by atoms with Crippen molar-refractivity contribution in [1.29, 1.82) is 0 Å². The predicted molar refractivity (Wildman–Crippen MR) is 90.6 cm³/mol. The number of benzene rings is 1. The van der Waals surface area contributed by atoms with Crippen molar-refractivity contribution in [3.63, 3.8) is 0 Å². The molecule has 3 rings (SSSR count). The molecule has 2 N–H and O–H groups in total. The second kappa shape index (κ2) is 7.09. The van der Waals surface area contributed by atoms with Crippen LogP contribution in [0.2, 0.25) is 0 Å². The van der Waals surface area contributed by atoms with Gasteiger partial charge < -0.3 is 19.5 Å². The molecule has 1 unspecified atom stereocenters. The van der Waals surface area contributed by atoms with E-state index in [1.54, 1.807) is 6.20 Å². The number of rotatable bonds is 6. The van der Waals surface area contributed by atoms with Gasteiger partial charge in [0.25, 0.3) is 5.91 Å². The lowest BCUT2D eigenvalue weighted by Crippen LogP contribution is -2.42. The van der Waals surface area contributed by atoms with Gasteiger partial charge >= 0.3 is 11.9 Å². The normalized spacial score (nSPS) is 11.9. The second-order valence-corrected chi connectivity index (χ2v) is 5.51. The quantitative estimate of drug-likeness (QED) is 0.395. The highest BCUT2D eigenvalue weighted by atomic mass is 16.6. The van der Waals surface area contributed by atoms with Gasteiger partial charge in [-0.2, -0.15) is 0 Å². The van der Waals surface area contributed by atoms with Gasteiger partial charge in [-0.15, -0.1) is 0 Å². The molecule has 2 aromatic heterocycles. The lowest BCUT2D eigenvalue weighted by atomic mass is 10.0. The van der Waals surface area contributed by atoms with E-state index in [-0.39, 0.29) is 12.2 Å². The van der Waals surface area contributed by atoms with E-state index in [1.807, 2.05) is 24.3 Å². The monoisotopic (exact) mass is 357 g/mol. The highest BCUT2D eigenvalue weighted by molar-refractivity contribution is 5.95. The highest BCUT2D eigenvalue weighted by Crippen LogP contribution is 2.20. The molecule has 1 aromatic carbocycles. The van der Waals surface area contributed by atoms with Crippen molar-refractivity contribution >= 4 is 28.7 Å². The second-order valence-electron chi connectivity index (χ2n) is 5.51. The summed E-state index contributed by atoms with van der Waals surface area (Å²) in [5.74, 6) is -2.19. The highest BCUT2D eigenvalue weighted by Gasteiger charge is 2.26. The summed E-state index contributed by atoms with van der Waals surface area (Å²) in [5.41, 5.74) is 1.72. The van der Waals surface area contributed by atoms with Crippen LogP contribution in [0.3, 0.4) is 0 Å². The molecule has 0 spiro atoms. The van der Waals surface area contributed by atoms with E-state index in [2.05, 4.69) is 10.3 Å². The number of aromatic nitrogens is 1. The van der Waals surface area contributed by atoms with E-state index in [0.717, 1.165) is 22.5 Å². The van der Waals surface area contributed by atoms with Crippen LogP contribution in [0.1, 0.15) is 16.1 Å². The molecule has 9 nitrogen and oxygen atoms in total. The Hall–Kier alpha value is -3.62. The number of para-hydroxylation sites is 1. The predicted octanol–water partition coefficient (Wildman–Crippen LogP) is 2.18. The third-order valence-electron chi connectivity index (χ3n) is 3.89. The average Bonchev–Trinajstić information content (AvgIpc) is 3.28. The van der Waals surface area contributed by atoms with Crippen molar-refractivity contribution in [2.45, 2.75) is 12.5 Å². The first-order valence-electron chi connectivity index (χ1n) is 7.67. The lowest BCUT2D eigenvalue weighted by Gasteiger charge is -2.15. The molecule has 0 saturated carbocycles. The molecule has 1 amide bonds. The molecule has 0 bridgehead atoms. The number of esters is 1. The number of furan rings is 1. The van der Waals surface area contributed by atoms with Crippen LogP contribution in [0.15, 0.2) is 47.0 Å². The topological polar surface area (TPSA) is 127 Å². The Morgan fingerprint density at radius 2 is 2.08 bits per heavy atom. The van der Waals surface area contributed by atoms with Crippen molar-refractivity contribution in [1.82, 2.24) is 10.3 Å². The van der Waals surface area contributed by atoms with Crippen LogP contribution in [0.4, 0.5) is 5.88 Å². The number of fused-ring (bicyclic) bond motifs is 1. The van der Waals surface area contributed by atoms with Gasteiger partial charge in [0.1, 0.15) is 11.0 Å². The molecule has 9 heteroatoms. The van der Waals surface area contributed by atoms with Crippen molar-refractivity contribution in [3.8, 4) is 0 Å². The summed E-state index contributed by atoms with van der Waals surface area (Å²) >= 11 is 0. The number of methoxy groups -OCH3 is 1. The SMILES string of the molecule is COC(=O)C(Cc1c[nH]c2ccccc12)NC(=O)c1ccc([N+](=O)[O-])o1. The number of ether oxygens (including phenoxy) is 1. The number of nitro groups is 1. The maximum atomic E-state index is 12.3. The molecule has 0 radical (unpaired) electrons. The summed E-state index contributed by atoms with van der Waals surface area (Å²) in [6, 6.07) is 8.81. The van der Waals surface area contributed by atoms with Gasteiger partial charge in [-0.3, -0.25) is 14.9 Å². The van der Waals surface area contributed by atoms with Crippen LogP contribution in [0.25, 0.3) is 10.9 Å². The summed E-state index contributed by atoms with van der Waals surface area (Å²) in [7, 11) is 1.22. The molecular weight excluding hydrogens is 342 g/mol. The average molecular weight is 357 g/mol. The number of H-pyrrole nitrogens is 1. The van der Waals surface area contributed by atoms with Gasteiger partial charge in [-0.1, -0.05) is 18.2 Å². The molecule has 0 saturated heterocycles. The Morgan fingerprint density at radius 3 is 2.77 bits per heavy atom. The molecule has 2 heterocycles. The van der Waals surface area contributed by atoms with Crippen molar-refractivity contribution < 1.29 is 23.7 Å². The smallest absolute Gasteiger partial charge is 0.433 e. The van der Waals surface area contributed by atoms with E-state index in [9.17, 15) is 19.7 Å². The fourth-order valence-corrected chi connectivity index (χ4v) is 2.63. The maximum absolute atomic E-state index is 12.3. The van der Waals surface area contributed by atoms with Crippen LogP contribution >= 0.6 is 0 Å². The Kier molecular flexibility index (Phi) is 4.70.